The Labute approximate surface area is 128 Å². The minimum absolute atomic E-state index is 0.0541. The van der Waals surface area contributed by atoms with Crippen molar-refractivity contribution in [3.05, 3.63) is 53.9 Å². The molecule has 2 rings (SSSR count). The molecule has 2 aromatic rings. The summed E-state index contributed by atoms with van der Waals surface area (Å²) < 4.78 is 1.78. The van der Waals surface area contributed by atoms with Crippen LogP contribution in [0.2, 0.25) is 0 Å². The largest absolute Gasteiger partial charge is 0.352 e. The van der Waals surface area contributed by atoms with Crippen LogP contribution < -0.4 is 11.1 Å². The zero-order chi connectivity index (χ0) is 15.9. The van der Waals surface area contributed by atoms with Gasteiger partial charge in [-0.15, -0.1) is 0 Å². The highest BCUT2D eigenvalue weighted by Crippen LogP contribution is 2.07. The first kappa shape index (κ1) is 15.6. The number of carbonyl (C=O) groups is 2. The maximum Gasteiger partial charge on any atom is 0.312 e. The lowest BCUT2D eigenvalue weighted by molar-refractivity contribution is 0.0789. The Kier molecular flexibility index (Phi) is 5.13. The van der Waals surface area contributed by atoms with E-state index in [9.17, 15) is 9.59 Å². The molecule has 0 saturated carbocycles. The molecule has 0 radical (unpaired) electrons. The summed E-state index contributed by atoms with van der Waals surface area (Å²) in [6, 6.07) is 8.35. The van der Waals surface area contributed by atoms with Gasteiger partial charge in [0.15, 0.2) is 0 Å². The first-order valence-electron chi connectivity index (χ1n) is 6.91. The van der Waals surface area contributed by atoms with Gasteiger partial charge in [-0.2, -0.15) is 5.10 Å². The van der Waals surface area contributed by atoms with Crippen LogP contribution in [0, 0.1) is 0 Å². The third-order valence-electron chi connectivity index (χ3n) is 3.24. The molecular formula is C15H19N5O2. The van der Waals surface area contributed by atoms with Crippen LogP contribution in [-0.2, 0) is 13.1 Å². The maximum absolute atomic E-state index is 12.3. The molecule has 1 heterocycles. The highest BCUT2D eigenvalue weighted by molar-refractivity contribution is 5.94. The van der Waals surface area contributed by atoms with E-state index in [1.54, 1.807) is 47.1 Å². The van der Waals surface area contributed by atoms with Crippen molar-refractivity contribution < 1.29 is 9.59 Å². The van der Waals surface area contributed by atoms with Gasteiger partial charge in [0.2, 0.25) is 0 Å². The number of hydrogen-bond donors (Lipinski definition) is 2. The number of likely N-dealkylation sites (N-methyl/N-ethyl adjacent to an activating group) is 1. The van der Waals surface area contributed by atoms with E-state index < -0.39 is 6.03 Å². The van der Waals surface area contributed by atoms with Crippen molar-refractivity contribution >= 4 is 11.9 Å². The van der Waals surface area contributed by atoms with Crippen molar-refractivity contribution in [3.8, 4) is 0 Å². The Morgan fingerprint density at radius 1 is 1.32 bits per heavy atom. The van der Waals surface area contributed by atoms with Gasteiger partial charge in [0.05, 0.1) is 6.54 Å². The van der Waals surface area contributed by atoms with Crippen molar-refractivity contribution in [3.63, 3.8) is 0 Å². The first-order chi connectivity index (χ1) is 10.6. The van der Waals surface area contributed by atoms with Crippen LogP contribution in [0.5, 0.6) is 0 Å². The molecule has 0 bridgehead atoms. The normalized spacial score (nSPS) is 10.2. The number of primary amides is 1. The van der Waals surface area contributed by atoms with Crippen LogP contribution in [-0.4, -0.2) is 40.2 Å². The van der Waals surface area contributed by atoms with Crippen LogP contribution in [0.15, 0.2) is 42.7 Å². The van der Waals surface area contributed by atoms with Crippen molar-refractivity contribution in [2.75, 3.05) is 13.6 Å². The Balaban J connectivity index is 1.89. The number of benzene rings is 1. The van der Waals surface area contributed by atoms with E-state index in [4.69, 9.17) is 5.73 Å². The van der Waals surface area contributed by atoms with Crippen molar-refractivity contribution in [1.29, 1.82) is 0 Å². The highest BCUT2D eigenvalue weighted by Gasteiger charge is 2.11. The molecule has 7 heteroatoms. The van der Waals surface area contributed by atoms with E-state index in [0.29, 0.717) is 25.2 Å². The quantitative estimate of drug-likeness (QED) is 0.827. The topological polar surface area (TPSA) is 93.2 Å². The molecule has 0 spiro atoms. The Morgan fingerprint density at radius 3 is 2.64 bits per heavy atom. The summed E-state index contributed by atoms with van der Waals surface area (Å²) in [7, 11) is 1.76. The van der Waals surface area contributed by atoms with Crippen molar-refractivity contribution in [1.82, 2.24) is 20.0 Å². The molecule has 0 unspecified atom stereocenters. The van der Waals surface area contributed by atoms with Gasteiger partial charge >= 0.3 is 6.03 Å². The average molecular weight is 301 g/mol. The van der Waals surface area contributed by atoms with Crippen LogP contribution in [0.4, 0.5) is 4.79 Å². The van der Waals surface area contributed by atoms with Crippen LogP contribution in [0.1, 0.15) is 15.9 Å². The maximum atomic E-state index is 12.3. The fourth-order valence-corrected chi connectivity index (χ4v) is 1.96. The second kappa shape index (κ2) is 7.26. The zero-order valence-corrected chi connectivity index (χ0v) is 12.4. The van der Waals surface area contributed by atoms with Crippen LogP contribution in [0.25, 0.3) is 0 Å². The summed E-state index contributed by atoms with van der Waals surface area (Å²) in [5.74, 6) is -0.0541. The number of urea groups is 1. The van der Waals surface area contributed by atoms with Gasteiger partial charge in [0.25, 0.3) is 5.91 Å². The number of aromatic nitrogens is 2. The summed E-state index contributed by atoms with van der Waals surface area (Å²) in [6.45, 7) is 1.57. The monoisotopic (exact) mass is 301 g/mol. The molecule has 3 N–H and O–H groups in total. The van der Waals surface area contributed by atoms with Gasteiger partial charge in [-0.3, -0.25) is 9.48 Å². The lowest BCUT2D eigenvalue weighted by Crippen LogP contribution is -2.30. The van der Waals surface area contributed by atoms with E-state index in [1.165, 1.54) is 0 Å². The van der Waals surface area contributed by atoms with Gasteiger partial charge in [-0.25, -0.2) is 4.79 Å². The summed E-state index contributed by atoms with van der Waals surface area (Å²) >= 11 is 0. The van der Waals surface area contributed by atoms with E-state index >= 15 is 0 Å². The van der Waals surface area contributed by atoms with Crippen LogP contribution in [0.3, 0.4) is 0 Å². The molecule has 3 amide bonds. The zero-order valence-electron chi connectivity index (χ0n) is 12.4. The number of nitrogens with zero attached hydrogens (tertiary/aromatic N) is 3. The molecule has 0 saturated heterocycles. The minimum atomic E-state index is -0.571. The number of carbonyl (C=O) groups excluding carboxylic acids is 2. The third-order valence-corrected chi connectivity index (χ3v) is 3.24. The molecule has 116 valence electrons. The van der Waals surface area contributed by atoms with E-state index in [0.717, 1.165) is 5.56 Å². The second-order valence-corrected chi connectivity index (χ2v) is 4.91. The molecule has 0 fully saturated rings. The molecular weight excluding hydrogens is 282 g/mol. The minimum Gasteiger partial charge on any atom is -0.352 e. The van der Waals surface area contributed by atoms with Crippen molar-refractivity contribution in [2.45, 2.75) is 13.1 Å². The fraction of sp³-hybridized carbons (Fsp3) is 0.267. The molecule has 0 aliphatic rings. The fourth-order valence-electron chi connectivity index (χ4n) is 1.96. The second-order valence-electron chi connectivity index (χ2n) is 4.91. The smallest absolute Gasteiger partial charge is 0.312 e. The van der Waals surface area contributed by atoms with Gasteiger partial charge in [0.1, 0.15) is 0 Å². The van der Waals surface area contributed by atoms with Gasteiger partial charge in [-0.05, 0) is 23.8 Å². The predicted octanol–water partition coefficient (Wildman–Crippen LogP) is 0.824. The third kappa shape index (κ3) is 4.34. The molecule has 0 aliphatic carbocycles. The SMILES string of the molecule is CN(CCn1cccn1)C(=O)c1ccc(CNC(N)=O)cc1. The number of hydrogen-bond acceptors (Lipinski definition) is 3. The Hall–Kier alpha value is -2.83. The molecule has 0 aliphatic heterocycles. The Bertz CT molecular complexity index is 622. The average Bonchev–Trinajstić information content (AvgIpc) is 3.03. The van der Waals surface area contributed by atoms with Crippen molar-refractivity contribution in [2.24, 2.45) is 5.73 Å². The lowest BCUT2D eigenvalue weighted by Gasteiger charge is -2.17. The standard InChI is InChI=1S/C15H19N5O2/c1-19(9-10-20-8-2-7-18-20)14(21)13-5-3-12(4-6-13)11-17-15(16)22/h2-8H,9-11H2,1H3,(H3,16,17,22). The molecule has 1 aromatic heterocycles. The van der Waals surface area contributed by atoms with Gasteiger partial charge in [0, 0.05) is 38.1 Å². The lowest BCUT2D eigenvalue weighted by atomic mass is 10.1. The highest BCUT2D eigenvalue weighted by atomic mass is 16.2. The Morgan fingerprint density at radius 2 is 2.05 bits per heavy atom. The molecule has 0 atom stereocenters. The van der Waals surface area contributed by atoms with Crippen LogP contribution >= 0.6 is 0 Å². The first-order valence-corrected chi connectivity index (χ1v) is 6.91. The predicted molar refractivity (Wildman–Crippen MR) is 82.1 cm³/mol. The molecule has 7 nitrogen and oxygen atoms in total. The number of nitrogens with one attached hydrogen (secondary N) is 1. The summed E-state index contributed by atoms with van der Waals surface area (Å²) in [6.07, 6.45) is 3.57. The summed E-state index contributed by atoms with van der Waals surface area (Å²) in [5.41, 5.74) is 6.50. The van der Waals surface area contributed by atoms with E-state index in [1.807, 2.05) is 12.3 Å². The summed E-state index contributed by atoms with van der Waals surface area (Å²) in [4.78, 5) is 24.6. The molecule has 22 heavy (non-hydrogen) atoms. The van der Waals surface area contributed by atoms with E-state index in [2.05, 4.69) is 10.4 Å². The number of rotatable bonds is 6. The van der Waals surface area contributed by atoms with Gasteiger partial charge in [-0.1, -0.05) is 12.1 Å². The van der Waals surface area contributed by atoms with Gasteiger partial charge < -0.3 is 16.0 Å². The number of amides is 3. The number of nitrogens with two attached hydrogens (primary N) is 1. The summed E-state index contributed by atoms with van der Waals surface area (Å²) in [5, 5.41) is 6.60. The molecule has 1 aromatic carbocycles. The van der Waals surface area contributed by atoms with E-state index in [-0.39, 0.29) is 5.91 Å².